The molecule has 1 aromatic carbocycles. The normalized spacial score (nSPS) is 10.8. The minimum atomic E-state index is -0.479. The third kappa shape index (κ3) is 5.10. The van der Waals surface area contributed by atoms with Crippen molar-refractivity contribution in [2.75, 3.05) is 12.0 Å². The Morgan fingerprint density at radius 3 is 3.08 bits per heavy atom. The number of nitro benzene ring substituents is 1. The van der Waals surface area contributed by atoms with E-state index >= 15 is 0 Å². The summed E-state index contributed by atoms with van der Waals surface area (Å²) in [7, 11) is 0. The number of carbonyl (C=O) groups excluding carboxylic acids is 1. The fourth-order valence-electron chi connectivity index (χ4n) is 1.74. The maximum atomic E-state index is 11.4. The topological polar surface area (TPSA) is 107 Å². The number of benzene rings is 1. The molecular weight excluding hydrogens is 400 g/mol. The molecule has 1 N–H and O–H groups in total. The van der Waals surface area contributed by atoms with Crippen LogP contribution in [0.25, 0.3) is 0 Å². The molecule has 0 aliphatic carbocycles. The van der Waals surface area contributed by atoms with E-state index in [0.29, 0.717) is 27.5 Å². The lowest BCUT2D eigenvalue weighted by Crippen LogP contribution is -2.07. The largest absolute Gasteiger partial charge is 0.466 e. The number of aromatic nitrogens is 1. The highest BCUT2D eigenvalue weighted by Gasteiger charge is 2.12. The molecular formula is C14H13BrN4O4S. The van der Waals surface area contributed by atoms with E-state index < -0.39 is 4.92 Å². The van der Waals surface area contributed by atoms with Crippen molar-refractivity contribution >= 4 is 50.3 Å². The van der Waals surface area contributed by atoms with Crippen molar-refractivity contribution in [3.8, 4) is 0 Å². The van der Waals surface area contributed by atoms with Gasteiger partial charge in [0.1, 0.15) is 0 Å². The van der Waals surface area contributed by atoms with Gasteiger partial charge in [0.05, 0.1) is 35.4 Å². The molecule has 24 heavy (non-hydrogen) atoms. The molecule has 0 saturated carbocycles. The number of anilines is 1. The van der Waals surface area contributed by atoms with Crippen molar-refractivity contribution in [1.29, 1.82) is 0 Å². The summed E-state index contributed by atoms with van der Waals surface area (Å²) in [6.45, 7) is 2.06. The molecule has 0 atom stereocenters. The van der Waals surface area contributed by atoms with Crippen molar-refractivity contribution in [1.82, 2.24) is 4.98 Å². The fraction of sp³-hybridized carbons (Fsp3) is 0.214. The molecule has 0 bridgehead atoms. The maximum Gasteiger partial charge on any atom is 0.311 e. The van der Waals surface area contributed by atoms with Gasteiger partial charge in [0.2, 0.25) is 5.13 Å². The van der Waals surface area contributed by atoms with Crippen LogP contribution in [0.1, 0.15) is 18.2 Å². The number of nitrogens with one attached hydrogen (secondary N) is 1. The van der Waals surface area contributed by atoms with Crippen LogP contribution in [0.15, 0.2) is 33.2 Å². The highest BCUT2D eigenvalue weighted by Crippen LogP contribution is 2.22. The highest BCUT2D eigenvalue weighted by molar-refractivity contribution is 9.10. The Balaban J connectivity index is 2.01. The lowest BCUT2D eigenvalue weighted by atomic mass is 10.2. The molecule has 0 spiro atoms. The summed E-state index contributed by atoms with van der Waals surface area (Å²) in [5.41, 5.74) is 3.57. The molecule has 0 amide bonds. The number of carbonyl (C=O) groups is 1. The van der Waals surface area contributed by atoms with Crippen molar-refractivity contribution in [3.63, 3.8) is 0 Å². The van der Waals surface area contributed by atoms with Gasteiger partial charge in [-0.1, -0.05) is 15.9 Å². The van der Waals surface area contributed by atoms with Gasteiger partial charge in [0.15, 0.2) is 0 Å². The van der Waals surface area contributed by atoms with Gasteiger partial charge in [-0.3, -0.25) is 20.3 Å². The predicted molar refractivity (Wildman–Crippen MR) is 94.5 cm³/mol. The molecule has 2 aromatic rings. The summed E-state index contributed by atoms with van der Waals surface area (Å²) in [5, 5.41) is 17.2. The third-order valence-electron chi connectivity index (χ3n) is 2.74. The number of rotatable bonds is 7. The van der Waals surface area contributed by atoms with Crippen molar-refractivity contribution in [3.05, 3.63) is 49.4 Å². The molecule has 0 saturated heterocycles. The number of hydrogen-bond donors (Lipinski definition) is 1. The fourth-order valence-corrected chi connectivity index (χ4v) is 2.75. The minimum Gasteiger partial charge on any atom is -0.466 e. The molecule has 0 fully saturated rings. The van der Waals surface area contributed by atoms with E-state index in [1.807, 2.05) is 0 Å². The Morgan fingerprint density at radius 1 is 1.58 bits per heavy atom. The number of ether oxygens (including phenoxy) is 1. The smallest absolute Gasteiger partial charge is 0.311 e. The summed E-state index contributed by atoms with van der Waals surface area (Å²) >= 11 is 4.46. The first kappa shape index (κ1) is 18.0. The molecule has 10 heteroatoms. The second-order valence-corrected chi connectivity index (χ2v) is 6.23. The number of thiazole rings is 1. The van der Waals surface area contributed by atoms with E-state index in [1.165, 1.54) is 23.6 Å². The van der Waals surface area contributed by atoms with E-state index in [-0.39, 0.29) is 18.1 Å². The zero-order valence-corrected chi connectivity index (χ0v) is 15.0. The number of halogens is 1. The Bertz CT molecular complexity index is 778. The third-order valence-corrected chi connectivity index (χ3v) is 4.02. The molecule has 0 unspecified atom stereocenters. The van der Waals surface area contributed by atoms with Crippen LogP contribution in [-0.2, 0) is 16.0 Å². The van der Waals surface area contributed by atoms with E-state index in [2.05, 4.69) is 31.4 Å². The maximum absolute atomic E-state index is 11.4. The lowest BCUT2D eigenvalue weighted by Gasteiger charge is -1.99. The van der Waals surface area contributed by atoms with Gasteiger partial charge in [0.25, 0.3) is 5.69 Å². The van der Waals surface area contributed by atoms with E-state index in [9.17, 15) is 14.9 Å². The molecule has 0 aliphatic rings. The van der Waals surface area contributed by atoms with Crippen molar-refractivity contribution < 1.29 is 14.5 Å². The second kappa shape index (κ2) is 8.50. The number of hydrogen-bond acceptors (Lipinski definition) is 8. The zero-order chi connectivity index (χ0) is 17.5. The predicted octanol–water partition coefficient (Wildman–Crippen LogP) is 3.37. The van der Waals surface area contributed by atoms with Crippen LogP contribution in [0.3, 0.4) is 0 Å². The van der Waals surface area contributed by atoms with Gasteiger partial charge in [-0.15, -0.1) is 11.3 Å². The molecule has 2 rings (SSSR count). The van der Waals surface area contributed by atoms with Crippen LogP contribution in [-0.4, -0.2) is 28.7 Å². The first-order valence-corrected chi connectivity index (χ1v) is 8.50. The molecule has 1 aromatic heterocycles. The summed E-state index contributed by atoms with van der Waals surface area (Å²) in [4.78, 5) is 26.1. The van der Waals surface area contributed by atoms with Gasteiger partial charge in [-0.25, -0.2) is 4.98 Å². The summed E-state index contributed by atoms with van der Waals surface area (Å²) in [5.74, 6) is -0.344. The quantitative estimate of drug-likeness (QED) is 0.323. The Labute approximate surface area is 149 Å². The average Bonchev–Trinajstić information content (AvgIpc) is 2.96. The van der Waals surface area contributed by atoms with E-state index in [1.54, 1.807) is 24.4 Å². The van der Waals surface area contributed by atoms with Gasteiger partial charge in [0, 0.05) is 15.9 Å². The van der Waals surface area contributed by atoms with Gasteiger partial charge < -0.3 is 4.74 Å². The number of hydrazone groups is 1. The molecule has 8 nitrogen and oxygen atoms in total. The van der Waals surface area contributed by atoms with Crippen molar-refractivity contribution in [2.45, 2.75) is 13.3 Å². The second-order valence-electron chi connectivity index (χ2n) is 4.46. The van der Waals surface area contributed by atoms with Crippen molar-refractivity contribution in [2.24, 2.45) is 5.10 Å². The van der Waals surface area contributed by atoms with E-state index in [0.717, 1.165) is 0 Å². The number of esters is 1. The van der Waals surface area contributed by atoms with Gasteiger partial charge >= 0.3 is 5.97 Å². The molecule has 126 valence electrons. The van der Waals surface area contributed by atoms with Crippen LogP contribution >= 0.6 is 27.3 Å². The standard InChI is InChI=1S/C14H13BrN4O4S/c1-2-23-13(20)6-11-8-24-14(17-11)18-16-7-9-3-4-10(15)5-12(9)19(21)22/h3-5,7-8H,2,6H2,1H3,(H,17,18). The summed E-state index contributed by atoms with van der Waals surface area (Å²) in [6, 6.07) is 4.68. The zero-order valence-electron chi connectivity index (χ0n) is 12.6. The van der Waals surface area contributed by atoms with Gasteiger partial charge in [-0.05, 0) is 19.1 Å². The lowest BCUT2D eigenvalue weighted by molar-refractivity contribution is -0.385. The average molecular weight is 413 g/mol. The Morgan fingerprint density at radius 2 is 2.38 bits per heavy atom. The van der Waals surface area contributed by atoms with Gasteiger partial charge in [-0.2, -0.15) is 5.10 Å². The first-order valence-electron chi connectivity index (χ1n) is 6.82. The Kier molecular flexibility index (Phi) is 6.38. The number of nitrogens with zero attached hydrogens (tertiary/aromatic N) is 3. The molecule has 0 aliphatic heterocycles. The highest BCUT2D eigenvalue weighted by atomic mass is 79.9. The summed E-state index contributed by atoms with van der Waals surface area (Å²) < 4.78 is 5.46. The minimum absolute atomic E-state index is 0.0583. The van der Waals surface area contributed by atoms with Crippen LogP contribution < -0.4 is 5.43 Å². The van der Waals surface area contributed by atoms with Crippen LogP contribution in [0.2, 0.25) is 0 Å². The number of nitro groups is 1. The molecule has 1 heterocycles. The van der Waals surface area contributed by atoms with Crippen LogP contribution in [0.4, 0.5) is 10.8 Å². The van der Waals surface area contributed by atoms with E-state index in [4.69, 9.17) is 4.74 Å². The SMILES string of the molecule is CCOC(=O)Cc1csc(NN=Cc2ccc(Br)cc2[N+](=O)[O-])n1. The monoisotopic (exact) mass is 412 g/mol. The summed E-state index contributed by atoms with van der Waals surface area (Å²) in [6.07, 6.45) is 1.44. The van der Waals surface area contributed by atoms with Crippen LogP contribution in [0, 0.1) is 10.1 Å². The first-order chi connectivity index (χ1) is 11.5. The molecule has 0 radical (unpaired) electrons. The van der Waals surface area contributed by atoms with Crippen LogP contribution in [0.5, 0.6) is 0 Å². The Hall–Kier alpha value is -2.33.